The van der Waals surface area contributed by atoms with Crippen molar-refractivity contribution in [2.24, 2.45) is 0 Å². The highest BCUT2D eigenvalue weighted by molar-refractivity contribution is 5.56. The van der Waals surface area contributed by atoms with Crippen molar-refractivity contribution in [2.75, 3.05) is 22.5 Å². The standard InChI is InChI=1S/C20H22N6/c1-14-8-10-16(11-9-14)22-20-24-18(23-19(21)25-20)13-26-12-4-6-15-5-2-3-7-17(15)26/h2-3,5,7-11H,4,6,12-13H2,1H3,(H3,21,22,23,24,25). The predicted octanol–water partition coefficient (Wildman–Crippen LogP) is 3.46. The zero-order chi connectivity index (χ0) is 17.9. The average Bonchev–Trinajstić information content (AvgIpc) is 2.64. The van der Waals surface area contributed by atoms with E-state index in [2.05, 4.69) is 56.4 Å². The summed E-state index contributed by atoms with van der Waals surface area (Å²) in [6.07, 6.45) is 2.25. The maximum Gasteiger partial charge on any atom is 0.232 e. The van der Waals surface area contributed by atoms with Crippen LogP contribution in [0, 0.1) is 6.92 Å². The molecule has 2 heterocycles. The Morgan fingerprint density at radius 2 is 1.85 bits per heavy atom. The summed E-state index contributed by atoms with van der Waals surface area (Å²) in [5.74, 6) is 1.38. The molecule has 1 aliphatic heterocycles. The van der Waals surface area contributed by atoms with Crippen LogP contribution in [0.15, 0.2) is 48.5 Å². The van der Waals surface area contributed by atoms with Crippen LogP contribution in [0.1, 0.15) is 23.4 Å². The lowest BCUT2D eigenvalue weighted by atomic mass is 10.0. The summed E-state index contributed by atoms with van der Waals surface area (Å²) in [7, 11) is 0. The molecular weight excluding hydrogens is 324 g/mol. The van der Waals surface area contributed by atoms with Crippen LogP contribution in [-0.4, -0.2) is 21.5 Å². The number of hydrogen-bond acceptors (Lipinski definition) is 6. The zero-order valence-electron chi connectivity index (χ0n) is 14.8. The summed E-state index contributed by atoms with van der Waals surface area (Å²) in [5.41, 5.74) is 10.7. The summed E-state index contributed by atoms with van der Waals surface area (Å²) in [4.78, 5) is 15.4. The number of para-hydroxylation sites is 1. The lowest BCUT2D eigenvalue weighted by molar-refractivity contribution is 0.673. The van der Waals surface area contributed by atoms with Crippen LogP contribution in [0.4, 0.5) is 23.3 Å². The van der Waals surface area contributed by atoms with Gasteiger partial charge < -0.3 is 16.0 Å². The zero-order valence-corrected chi connectivity index (χ0v) is 14.8. The van der Waals surface area contributed by atoms with E-state index in [1.807, 2.05) is 24.3 Å². The Morgan fingerprint density at radius 1 is 1.04 bits per heavy atom. The van der Waals surface area contributed by atoms with Gasteiger partial charge in [0, 0.05) is 17.9 Å². The minimum absolute atomic E-state index is 0.231. The normalized spacial score (nSPS) is 13.3. The highest BCUT2D eigenvalue weighted by Crippen LogP contribution is 2.27. The van der Waals surface area contributed by atoms with E-state index >= 15 is 0 Å². The van der Waals surface area contributed by atoms with Crippen LogP contribution in [-0.2, 0) is 13.0 Å². The van der Waals surface area contributed by atoms with Gasteiger partial charge in [0.25, 0.3) is 0 Å². The molecule has 2 aromatic carbocycles. The first-order valence-corrected chi connectivity index (χ1v) is 8.84. The maximum atomic E-state index is 5.92. The van der Waals surface area contributed by atoms with Gasteiger partial charge in [0.1, 0.15) is 0 Å². The number of benzene rings is 2. The van der Waals surface area contributed by atoms with Gasteiger partial charge in [-0.1, -0.05) is 35.9 Å². The van der Waals surface area contributed by atoms with Crippen LogP contribution in [0.3, 0.4) is 0 Å². The number of aryl methyl sites for hydroxylation is 2. The fourth-order valence-corrected chi connectivity index (χ4v) is 3.28. The number of nitrogen functional groups attached to an aromatic ring is 1. The van der Waals surface area contributed by atoms with Crippen molar-refractivity contribution in [3.8, 4) is 0 Å². The van der Waals surface area contributed by atoms with Crippen molar-refractivity contribution in [2.45, 2.75) is 26.3 Å². The van der Waals surface area contributed by atoms with E-state index in [1.54, 1.807) is 0 Å². The number of aromatic nitrogens is 3. The van der Waals surface area contributed by atoms with E-state index in [9.17, 15) is 0 Å². The highest BCUT2D eigenvalue weighted by atomic mass is 15.2. The van der Waals surface area contributed by atoms with E-state index in [-0.39, 0.29) is 5.95 Å². The molecule has 6 nitrogen and oxygen atoms in total. The van der Waals surface area contributed by atoms with Crippen molar-refractivity contribution < 1.29 is 0 Å². The van der Waals surface area contributed by atoms with E-state index < -0.39 is 0 Å². The van der Waals surface area contributed by atoms with Gasteiger partial charge in [-0.3, -0.25) is 0 Å². The van der Waals surface area contributed by atoms with Crippen molar-refractivity contribution in [1.82, 2.24) is 15.0 Å². The van der Waals surface area contributed by atoms with Gasteiger partial charge in [0.15, 0.2) is 5.82 Å². The molecule has 0 bridgehead atoms. The summed E-state index contributed by atoms with van der Waals surface area (Å²) in [6.45, 7) is 3.66. The predicted molar refractivity (Wildman–Crippen MR) is 105 cm³/mol. The molecule has 0 atom stereocenters. The summed E-state index contributed by atoms with van der Waals surface area (Å²) in [6, 6.07) is 16.6. The summed E-state index contributed by atoms with van der Waals surface area (Å²) >= 11 is 0. The molecule has 0 fully saturated rings. The van der Waals surface area contributed by atoms with Crippen LogP contribution in [0.5, 0.6) is 0 Å². The molecule has 0 unspecified atom stereocenters. The molecule has 4 rings (SSSR count). The fraction of sp³-hybridized carbons (Fsp3) is 0.250. The Bertz CT molecular complexity index is 906. The van der Waals surface area contributed by atoms with Gasteiger partial charge in [0.05, 0.1) is 6.54 Å². The molecule has 6 heteroatoms. The molecule has 0 spiro atoms. The lowest BCUT2D eigenvalue weighted by Gasteiger charge is -2.30. The first-order chi connectivity index (χ1) is 12.7. The molecule has 3 N–H and O–H groups in total. The third-order valence-corrected chi connectivity index (χ3v) is 4.55. The topological polar surface area (TPSA) is 80.0 Å². The third-order valence-electron chi connectivity index (χ3n) is 4.55. The molecule has 26 heavy (non-hydrogen) atoms. The van der Waals surface area contributed by atoms with Crippen LogP contribution in [0.25, 0.3) is 0 Å². The van der Waals surface area contributed by atoms with E-state index in [4.69, 9.17) is 5.73 Å². The average molecular weight is 346 g/mol. The number of rotatable bonds is 4. The lowest BCUT2D eigenvalue weighted by Crippen LogP contribution is -2.29. The first-order valence-electron chi connectivity index (χ1n) is 8.84. The second-order valence-electron chi connectivity index (χ2n) is 6.58. The highest BCUT2D eigenvalue weighted by Gasteiger charge is 2.18. The SMILES string of the molecule is Cc1ccc(Nc2nc(N)nc(CN3CCCc4ccccc43)n2)cc1. The van der Waals surface area contributed by atoms with Crippen LogP contribution in [0.2, 0.25) is 0 Å². The fourth-order valence-electron chi connectivity index (χ4n) is 3.28. The monoisotopic (exact) mass is 346 g/mol. The van der Waals surface area contributed by atoms with E-state index in [0.29, 0.717) is 18.3 Å². The number of nitrogens with zero attached hydrogens (tertiary/aromatic N) is 4. The van der Waals surface area contributed by atoms with Gasteiger partial charge in [0.2, 0.25) is 11.9 Å². The second kappa shape index (κ2) is 7.00. The number of hydrogen-bond donors (Lipinski definition) is 2. The van der Waals surface area contributed by atoms with Crippen LogP contribution < -0.4 is 16.0 Å². The van der Waals surface area contributed by atoms with E-state index in [0.717, 1.165) is 25.1 Å². The second-order valence-corrected chi connectivity index (χ2v) is 6.58. The Balaban J connectivity index is 1.56. The minimum atomic E-state index is 0.231. The van der Waals surface area contributed by atoms with Gasteiger partial charge in [-0.15, -0.1) is 0 Å². The molecule has 0 saturated carbocycles. The van der Waals surface area contributed by atoms with Crippen molar-refractivity contribution in [3.63, 3.8) is 0 Å². The Kier molecular flexibility index (Phi) is 4.39. The largest absolute Gasteiger partial charge is 0.368 e. The molecule has 0 radical (unpaired) electrons. The smallest absolute Gasteiger partial charge is 0.232 e. The molecule has 0 aliphatic carbocycles. The van der Waals surface area contributed by atoms with Gasteiger partial charge in [-0.25, -0.2) is 0 Å². The summed E-state index contributed by atoms with van der Waals surface area (Å²) in [5, 5.41) is 3.21. The van der Waals surface area contributed by atoms with Crippen LogP contribution >= 0.6 is 0 Å². The molecule has 1 aromatic heterocycles. The molecule has 1 aliphatic rings. The molecule has 0 amide bonds. The van der Waals surface area contributed by atoms with Gasteiger partial charge in [-0.05, 0) is 43.5 Å². The maximum absolute atomic E-state index is 5.92. The van der Waals surface area contributed by atoms with Gasteiger partial charge >= 0.3 is 0 Å². The Hall–Kier alpha value is -3.15. The Morgan fingerprint density at radius 3 is 2.69 bits per heavy atom. The molecule has 3 aromatic rings. The summed E-state index contributed by atoms with van der Waals surface area (Å²) < 4.78 is 0. The first kappa shape index (κ1) is 16.3. The van der Waals surface area contributed by atoms with Crippen molar-refractivity contribution in [3.05, 3.63) is 65.5 Å². The van der Waals surface area contributed by atoms with Gasteiger partial charge in [-0.2, -0.15) is 15.0 Å². The van der Waals surface area contributed by atoms with Crippen molar-refractivity contribution in [1.29, 1.82) is 0 Å². The minimum Gasteiger partial charge on any atom is -0.368 e. The third kappa shape index (κ3) is 3.59. The van der Waals surface area contributed by atoms with E-state index in [1.165, 1.54) is 16.8 Å². The number of anilines is 4. The van der Waals surface area contributed by atoms with Crippen molar-refractivity contribution >= 4 is 23.3 Å². The molecule has 132 valence electrons. The molecule has 0 saturated heterocycles. The molecular formula is C20H22N6. The number of fused-ring (bicyclic) bond motifs is 1. The number of nitrogens with one attached hydrogen (secondary N) is 1. The number of nitrogens with two attached hydrogens (primary N) is 1. The Labute approximate surface area is 153 Å². The quantitative estimate of drug-likeness (QED) is 0.753.